The van der Waals surface area contributed by atoms with Crippen LogP contribution in [0.1, 0.15) is 37.9 Å². The topological polar surface area (TPSA) is 95.3 Å². The molecule has 2 unspecified atom stereocenters. The van der Waals surface area contributed by atoms with Crippen molar-refractivity contribution in [1.29, 1.82) is 0 Å². The van der Waals surface area contributed by atoms with E-state index in [1.54, 1.807) is 50.2 Å². The van der Waals surface area contributed by atoms with Gasteiger partial charge in [0.05, 0.1) is 43.3 Å². The summed E-state index contributed by atoms with van der Waals surface area (Å²) < 4.78 is 51.7. The molecular formula is C23H25F3N6O3. The molecule has 186 valence electrons. The quantitative estimate of drug-likeness (QED) is 0.531. The van der Waals surface area contributed by atoms with E-state index >= 15 is 0 Å². The Morgan fingerprint density at radius 3 is 2.46 bits per heavy atom. The first kappa shape index (κ1) is 24.6. The summed E-state index contributed by atoms with van der Waals surface area (Å²) in [6.07, 6.45) is 0.964. The lowest BCUT2D eigenvalue weighted by Crippen LogP contribution is -2.36. The van der Waals surface area contributed by atoms with Crippen molar-refractivity contribution in [3.05, 3.63) is 60.2 Å². The lowest BCUT2D eigenvalue weighted by Gasteiger charge is -2.24. The number of ether oxygens (including phenoxy) is 2. The normalized spacial score (nSPS) is 18.6. The van der Waals surface area contributed by atoms with Crippen molar-refractivity contribution in [1.82, 2.24) is 29.9 Å². The number of benzene rings is 1. The van der Waals surface area contributed by atoms with Gasteiger partial charge < -0.3 is 14.4 Å². The van der Waals surface area contributed by atoms with Crippen LogP contribution in [0.15, 0.2) is 49.1 Å². The third-order valence-electron chi connectivity index (χ3n) is 5.31. The van der Waals surface area contributed by atoms with Crippen molar-refractivity contribution in [3.8, 4) is 11.4 Å². The Bertz CT molecular complexity index is 1150. The number of carbonyl (C=O) groups is 1. The van der Waals surface area contributed by atoms with E-state index in [0.29, 0.717) is 17.0 Å². The van der Waals surface area contributed by atoms with Crippen LogP contribution in [0.2, 0.25) is 0 Å². The first-order chi connectivity index (χ1) is 16.5. The molecule has 12 heteroatoms. The molecule has 1 aliphatic rings. The maximum absolute atomic E-state index is 12.8. The number of rotatable bonds is 5. The third-order valence-corrected chi connectivity index (χ3v) is 5.31. The molecule has 1 aliphatic heterocycles. The van der Waals surface area contributed by atoms with Gasteiger partial charge in [-0.05, 0) is 38.5 Å². The monoisotopic (exact) mass is 490 g/mol. The fourth-order valence-electron chi connectivity index (χ4n) is 3.63. The zero-order valence-corrected chi connectivity index (χ0v) is 19.4. The summed E-state index contributed by atoms with van der Waals surface area (Å²) >= 11 is 0. The van der Waals surface area contributed by atoms with Crippen molar-refractivity contribution in [2.75, 3.05) is 13.1 Å². The van der Waals surface area contributed by atoms with Crippen LogP contribution in [-0.4, -0.2) is 60.7 Å². The maximum atomic E-state index is 12.8. The lowest BCUT2D eigenvalue weighted by atomic mass is 10.1. The molecule has 3 heterocycles. The van der Waals surface area contributed by atoms with E-state index in [0.717, 1.165) is 12.1 Å². The van der Waals surface area contributed by atoms with Crippen molar-refractivity contribution < 1.29 is 27.4 Å². The van der Waals surface area contributed by atoms with Gasteiger partial charge in [-0.15, -0.1) is 5.10 Å². The second-order valence-corrected chi connectivity index (χ2v) is 9.17. The van der Waals surface area contributed by atoms with Gasteiger partial charge in [0.25, 0.3) is 0 Å². The molecule has 0 N–H and O–H groups in total. The Balaban J connectivity index is 1.51. The molecule has 9 nitrogen and oxygen atoms in total. The highest BCUT2D eigenvalue weighted by Gasteiger charge is 2.40. The molecule has 4 rings (SSSR count). The largest absolute Gasteiger partial charge is 0.444 e. The highest BCUT2D eigenvalue weighted by atomic mass is 19.4. The second-order valence-electron chi connectivity index (χ2n) is 9.17. The molecule has 0 radical (unpaired) electrons. The first-order valence-electron chi connectivity index (χ1n) is 10.9. The Morgan fingerprint density at radius 2 is 1.83 bits per heavy atom. The van der Waals surface area contributed by atoms with Gasteiger partial charge in [0, 0.05) is 18.9 Å². The van der Waals surface area contributed by atoms with Crippen LogP contribution in [0, 0.1) is 0 Å². The average molecular weight is 490 g/mol. The molecule has 1 fully saturated rings. The van der Waals surface area contributed by atoms with Crippen LogP contribution in [0.4, 0.5) is 18.0 Å². The van der Waals surface area contributed by atoms with Crippen molar-refractivity contribution in [2.45, 2.75) is 51.3 Å². The van der Waals surface area contributed by atoms with E-state index in [4.69, 9.17) is 9.47 Å². The van der Waals surface area contributed by atoms with Crippen LogP contribution >= 0.6 is 0 Å². The summed E-state index contributed by atoms with van der Waals surface area (Å²) in [5.41, 5.74) is 0.234. The zero-order valence-electron chi connectivity index (χ0n) is 19.4. The minimum absolute atomic E-state index is 0.0627. The summed E-state index contributed by atoms with van der Waals surface area (Å²) in [5.74, 6) is 0. The molecular weight excluding hydrogens is 465 g/mol. The highest BCUT2D eigenvalue weighted by molar-refractivity contribution is 5.68. The van der Waals surface area contributed by atoms with Crippen LogP contribution < -0.4 is 0 Å². The number of nitrogens with zero attached hydrogens (tertiary/aromatic N) is 6. The number of hydrogen-bond donors (Lipinski definition) is 0. The molecule has 0 spiro atoms. The molecule has 1 aromatic carbocycles. The van der Waals surface area contributed by atoms with Gasteiger partial charge in [0.2, 0.25) is 0 Å². The Hall–Kier alpha value is -3.54. The molecule has 35 heavy (non-hydrogen) atoms. The number of amides is 1. The standard InChI is InChI=1S/C23H25F3N6O3/c1-22(2,3)35-21(33)31-12-19(32-11-18(29-30-32)17-10-27-8-9-28-17)20(13-31)34-14-15-4-6-16(7-5-15)23(24,25)26/h4-11,19-20H,12-14H2,1-3H3. The summed E-state index contributed by atoms with van der Waals surface area (Å²) in [7, 11) is 0. The van der Waals surface area contributed by atoms with Gasteiger partial charge in [-0.2, -0.15) is 13.2 Å². The summed E-state index contributed by atoms with van der Waals surface area (Å²) in [6, 6.07) is 4.39. The van der Waals surface area contributed by atoms with Gasteiger partial charge in [-0.25, -0.2) is 9.48 Å². The van der Waals surface area contributed by atoms with Gasteiger partial charge >= 0.3 is 12.3 Å². The molecule has 0 bridgehead atoms. The van der Waals surface area contributed by atoms with E-state index < -0.39 is 35.6 Å². The highest BCUT2D eigenvalue weighted by Crippen LogP contribution is 2.30. The van der Waals surface area contributed by atoms with Crippen LogP contribution in [0.5, 0.6) is 0 Å². The van der Waals surface area contributed by atoms with Crippen LogP contribution in [-0.2, 0) is 22.3 Å². The van der Waals surface area contributed by atoms with Gasteiger partial charge in [-0.3, -0.25) is 9.97 Å². The smallest absolute Gasteiger partial charge is 0.416 e. The molecule has 1 saturated heterocycles. The van der Waals surface area contributed by atoms with E-state index in [1.165, 1.54) is 17.0 Å². The van der Waals surface area contributed by atoms with Gasteiger partial charge in [-0.1, -0.05) is 17.3 Å². The molecule has 0 aliphatic carbocycles. The lowest BCUT2D eigenvalue weighted by molar-refractivity contribution is -0.137. The number of hydrogen-bond acceptors (Lipinski definition) is 7. The predicted octanol–water partition coefficient (Wildman–Crippen LogP) is 4.13. The number of likely N-dealkylation sites (tertiary alicyclic amines) is 1. The fourth-order valence-corrected chi connectivity index (χ4v) is 3.63. The summed E-state index contributed by atoms with van der Waals surface area (Å²) in [5, 5.41) is 8.36. The SMILES string of the molecule is CC(C)(C)OC(=O)N1CC(OCc2ccc(C(F)(F)F)cc2)C(n2cc(-c3cnccn3)nn2)C1. The predicted molar refractivity (Wildman–Crippen MR) is 118 cm³/mol. The van der Waals surface area contributed by atoms with E-state index in [-0.39, 0.29) is 19.7 Å². The number of halogens is 3. The molecule has 3 aromatic rings. The van der Waals surface area contributed by atoms with Crippen molar-refractivity contribution in [3.63, 3.8) is 0 Å². The third kappa shape index (κ3) is 6.13. The van der Waals surface area contributed by atoms with Crippen LogP contribution in [0.25, 0.3) is 11.4 Å². The van der Waals surface area contributed by atoms with Crippen LogP contribution in [0.3, 0.4) is 0 Å². The Labute approximate surface area is 199 Å². The van der Waals surface area contributed by atoms with Gasteiger partial charge in [0.15, 0.2) is 0 Å². The average Bonchev–Trinajstić information content (AvgIpc) is 3.44. The zero-order chi connectivity index (χ0) is 25.2. The minimum Gasteiger partial charge on any atom is -0.444 e. The van der Waals surface area contributed by atoms with Crippen molar-refractivity contribution in [2.24, 2.45) is 0 Å². The van der Waals surface area contributed by atoms with E-state index in [9.17, 15) is 18.0 Å². The van der Waals surface area contributed by atoms with E-state index in [2.05, 4.69) is 20.3 Å². The maximum Gasteiger partial charge on any atom is 0.416 e. The number of carbonyl (C=O) groups excluding carboxylic acids is 1. The molecule has 2 aromatic heterocycles. The summed E-state index contributed by atoms with van der Waals surface area (Å²) in [6.45, 7) is 5.88. The molecule has 0 saturated carbocycles. The second kappa shape index (κ2) is 9.61. The van der Waals surface area contributed by atoms with Gasteiger partial charge in [0.1, 0.15) is 17.0 Å². The first-order valence-corrected chi connectivity index (χ1v) is 10.9. The fraction of sp³-hybridized carbons (Fsp3) is 0.435. The molecule has 2 atom stereocenters. The minimum atomic E-state index is -4.40. The Morgan fingerprint density at radius 1 is 1.09 bits per heavy atom. The molecule has 1 amide bonds. The number of alkyl halides is 3. The number of aromatic nitrogens is 5. The van der Waals surface area contributed by atoms with E-state index in [1.807, 2.05) is 0 Å². The van der Waals surface area contributed by atoms with Crippen molar-refractivity contribution >= 4 is 6.09 Å². The Kier molecular flexibility index (Phi) is 6.75. The summed E-state index contributed by atoms with van der Waals surface area (Å²) in [4.78, 5) is 22.5.